The fourth-order valence-corrected chi connectivity index (χ4v) is 2.39. The van der Waals surface area contributed by atoms with E-state index in [-0.39, 0.29) is 6.04 Å². The van der Waals surface area contributed by atoms with Crippen LogP contribution in [0.15, 0.2) is 23.2 Å². The summed E-state index contributed by atoms with van der Waals surface area (Å²) in [6, 6.07) is 5.63. The van der Waals surface area contributed by atoms with Gasteiger partial charge in [-0.05, 0) is 38.0 Å². The highest BCUT2D eigenvalue weighted by atomic mass is 35.5. The van der Waals surface area contributed by atoms with Gasteiger partial charge in [-0.15, -0.1) is 0 Å². The number of anilines is 1. The molecule has 0 amide bonds. The predicted molar refractivity (Wildman–Crippen MR) is 81.7 cm³/mol. The lowest BCUT2D eigenvalue weighted by Crippen LogP contribution is -2.37. The molecule has 1 fully saturated rings. The number of hydrogen-bond acceptors (Lipinski definition) is 3. The molecular formula is C14H20ClN3O2. The number of nitrogens with one attached hydrogen (secondary N) is 1. The third-order valence-electron chi connectivity index (χ3n) is 3.22. The lowest BCUT2D eigenvalue weighted by Gasteiger charge is -2.32. The quantitative estimate of drug-likeness (QED) is 0.647. The van der Waals surface area contributed by atoms with Crippen LogP contribution >= 0.6 is 11.6 Å². The van der Waals surface area contributed by atoms with Gasteiger partial charge in [0.15, 0.2) is 5.96 Å². The van der Waals surface area contributed by atoms with Crippen molar-refractivity contribution in [2.45, 2.75) is 31.9 Å². The third kappa shape index (κ3) is 3.77. The molecule has 110 valence electrons. The zero-order valence-electron chi connectivity index (χ0n) is 11.7. The molecular weight excluding hydrogens is 278 g/mol. The molecule has 0 atom stereocenters. The first-order valence-corrected chi connectivity index (χ1v) is 7.05. The first-order chi connectivity index (χ1) is 9.62. The number of ether oxygens (including phenoxy) is 2. The number of nitrogens with two attached hydrogens (primary N) is 1. The number of guanidine groups is 1. The summed E-state index contributed by atoms with van der Waals surface area (Å²) < 4.78 is 10.6. The molecule has 5 nitrogen and oxygen atoms in total. The maximum atomic E-state index is 6.05. The van der Waals surface area contributed by atoms with Crippen molar-refractivity contribution in [1.29, 1.82) is 0 Å². The molecule has 0 saturated heterocycles. The molecule has 6 heteroatoms. The molecule has 0 spiro atoms. The van der Waals surface area contributed by atoms with Crippen LogP contribution in [-0.2, 0) is 4.74 Å². The molecule has 0 bridgehead atoms. The van der Waals surface area contributed by atoms with E-state index in [2.05, 4.69) is 10.3 Å². The summed E-state index contributed by atoms with van der Waals surface area (Å²) in [5.74, 6) is 1.03. The van der Waals surface area contributed by atoms with E-state index in [1.54, 1.807) is 19.2 Å². The molecule has 1 aromatic rings. The Labute approximate surface area is 124 Å². The molecule has 20 heavy (non-hydrogen) atoms. The minimum absolute atomic E-state index is 0.243. The number of aliphatic imine (C=N–C) groups is 1. The molecule has 1 aliphatic carbocycles. The first-order valence-electron chi connectivity index (χ1n) is 6.67. The van der Waals surface area contributed by atoms with Gasteiger partial charge in [0.25, 0.3) is 0 Å². The van der Waals surface area contributed by atoms with Gasteiger partial charge in [0, 0.05) is 12.3 Å². The van der Waals surface area contributed by atoms with Crippen molar-refractivity contribution in [3.05, 3.63) is 23.2 Å². The maximum absolute atomic E-state index is 6.05. The second kappa shape index (κ2) is 6.81. The number of hydrogen-bond donors (Lipinski definition) is 2. The molecule has 1 saturated carbocycles. The van der Waals surface area contributed by atoms with Gasteiger partial charge < -0.3 is 20.5 Å². The van der Waals surface area contributed by atoms with Crippen molar-refractivity contribution in [2.24, 2.45) is 10.7 Å². The summed E-state index contributed by atoms with van der Waals surface area (Å²) >= 11 is 6.05. The lowest BCUT2D eigenvalue weighted by atomic mass is 9.90. The molecule has 3 N–H and O–H groups in total. The molecule has 0 unspecified atom stereocenters. The molecule has 1 aliphatic rings. The van der Waals surface area contributed by atoms with E-state index in [0.29, 0.717) is 22.8 Å². The largest absolute Gasteiger partial charge is 0.495 e. The van der Waals surface area contributed by atoms with E-state index in [0.717, 1.165) is 25.1 Å². The SMILES string of the molecule is CCOC1CC(N=C(N)Nc2ccc(OC)c(Cl)c2)C1. The van der Waals surface area contributed by atoms with Crippen LogP contribution in [0.1, 0.15) is 19.8 Å². The van der Waals surface area contributed by atoms with Crippen LogP contribution in [0.3, 0.4) is 0 Å². The Morgan fingerprint density at radius 1 is 1.50 bits per heavy atom. The van der Waals surface area contributed by atoms with E-state index in [1.807, 2.05) is 13.0 Å². The fourth-order valence-electron chi connectivity index (χ4n) is 2.14. The average Bonchev–Trinajstić information content (AvgIpc) is 2.36. The van der Waals surface area contributed by atoms with E-state index >= 15 is 0 Å². The second-order valence-electron chi connectivity index (χ2n) is 4.69. The van der Waals surface area contributed by atoms with Crippen LogP contribution in [0.25, 0.3) is 0 Å². The van der Waals surface area contributed by atoms with Crippen LogP contribution in [0.2, 0.25) is 5.02 Å². The van der Waals surface area contributed by atoms with Gasteiger partial charge in [-0.3, -0.25) is 0 Å². The number of halogens is 1. The van der Waals surface area contributed by atoms with E-state index in [4.69, 9.17) is 26.8 Å². The molecule has 0 aromatic heterocycles. The van der Waals surface area contributed by atoms with Gasteiger partial charge in [0.2, 0.25) is 0 Å². The summed E-state index contributed by atoms with van der Waals surface area (Å²) in [6.07, 6.45) is 2.19. The molecule has 1 aromatic carbocycles. The standard InChI is InChI=1S/C14H20ClN3O2/c1-3-20-11-6-10(7-11)18-14(16)17-9-4-5-13(19-2)12(15)8-9/h4-5,8,10-11H,3,6-7H2,1-2H3,(H3,16,17,18). The molecule has 0 heterocycles. The zero-order chi connectivity index (χ0) is 14.5. The Morgan fingerprint density at radius 3 is 2.85 bits per heavy atom. The lowest BCUT2D eigenvalue weighted by molar-refractivity contribution is -0.000702. The normalized spacial score (nSPS) is 22.2. The topological polar surface area (TPSA) is 68.9 Å². The Hall–Kier alpha value is -1.46. The Balaban J connectivity index is 1.88. The van der Waals surface area contributed by atoms with Crippen molar-refractivity contribution < 1.29 is 9.47 Å². The molecule has 0 radical (unpaired) electrons. The van der Waals surface area contributed by atoms with E-state index in [1.165, 1.54) is 0 Å². The first kappa shape index (κ1) is 14.9. The van der Waals surface area contributed by atoms with Crippen molar-refractivity contribution >= 4 is 23.2 Å². The summed E-state index contributed by atoms with van der Waals surface area (Å²) in [5, 5.41) is 3.56. The van der Waals surface area contributed by atoms with Crippen molar-refractivity contribution in [1.82, 2.24) is 0 Å². The van der Waals surface area contributed by atoms with E-state index < -0.39 is 0 Å². The smallest absolute Gasteiger partial charge is 0.193 e. The predicted octanol–water partition coefficient (Wildman–Crippen LogP) is 2.64. The molecule has 2 rings (SSSR count). The van der Waals surface area contributed by atoms with Crippen LogP contribution < -0.4 is 15.8 Å². The maximum Gasteiger partial charge on any atom is 0.193 e. The van der Waals surface area contributed by atoms with Gasteiger partial charge >= 0.3 is 0 Å². The van der Waals surface area contributed by atoms with Crippen LogP contribution in [-0.4, -0.2) is 31.8 Å². The van der Waals surface area contributed by atoms with E-state index in [9.17, 15) is 0 Å². The monoisotopic (exact) mass is 297 g/mol. The van der Waals surface area contributed by atoms with Gasteiger partial charge in [-0.25, -0.2) is 4.99 Å². The van der Waals surface area contributed by atoms with Gasteiger partial charge in [-0.2, -0.15) is 0 Å². The summed E-state index contributed by atoms with van der Waals surface area (Å²) in [7, 11) is 1.58. The van der Waals surface area contributed by atoms with Gasteiger partial charge in [0.1, 0.15) is 5.75 Å². The van der Waals surface area contributed by atoms with Crippen molar-refractivity contribution in [3.8, 4) is 5.75 Å². The highest BCUT2D eigenvalue weighted by molar-refractivity contribution is 6.32. The summed E-state index contributed by atoms with van der Waals surface area (Å²) in [5.41, 5.74) is 6.67. The van der Waals surface area contributed by atoms with Crippen LogP contribution in [0.5, 0.6) is 5.75 Å². The molecule has 0 aliphatic heterocycles. The fraction of sp³-hybridized carbons (Fsp3) is 0.500. The second-order valence-corrected chi connectivity index (χ2v) is 5.10. The van der Waals surface area contributed by atoms with Crippen molar-refractivity contribution in [2.75, 3.05) is 19.0 Å². The zero-order valence-corrected chi connectivity index (χ0v) is 12.5. The summed E-state index contributed by atoms with van der Waals surface area (Å²) in [4.78, 5) is 4.41. The van der Waals surface area contributed by atoms with Crippen molar-refractivity contribution in [3.63, 3.8) is 0 Å². The Kier molecular flexibility index (Phi) is 5.09. The Morgan fingerprint density at radius 2 is 2.25 bits per heavy atom. The number of methoxy groups -OCH3 is 1. The number of rotatable bonds is 5. The summed E-state index contributed by atoms with van der Waals surface area (Å²) in [6.45, 7) is 2.75. The van der Waals surface area contributed by atoms with Gasteiger partial charge in [0.05, 0.1) is 24.3 Å². The average molecular weight is 298 g/mol. The third-order valence-corrected chi connectivity index (χ3v) is 3.51. The number of nitrogens with zero attached hydrogens (tertiary/aromatic N) is 1. The minimum atomic E-state index is 0.243. The highest BCUT2D eigenvalue weighted by Gasteiger charge is 2.29. The van der Waals surface area contributed by atoms with Crippen LogP contribution in [0, 0.1) is 0 Å². The number of benzene rings is 1. The Bertz CT molecular complexity index is 487. The van der Waals surface area contributed by atoms with Crippen LogP contribution in [0.4, 0.5) is 5.69 Å². The van der Waals surface area contributed by atoms with Gasteiger partial charge in [-0.1, -0.05) is 11.6 Å². The highest BCUT2D eigenvalue weighted by Crippen LogP contribution is 2.28. The minimum Gasteiger partial charge on any atom is -0.495 e.